The molecule has 0 saturated heterocycles. The Bertz CT molecular complexity index is 1110. The average molecular weight is 403 g/mol. The molecule has 0 aliphatic carbocycles. The van der Waals surface area contributed by atoms with E-state index in [0.717, 1.165) is 5.41 Å². The van der Waals surface area contributed by atoms with E-state index in [9.17, 15) is 13.2 Å². The minimum absolute atomic E-state index is 0.143. The summed E-state index contributed by atoms with van der Waals surface area (Å²) in [6.07, 6.45) is 3.01. The van der Waals surface area contributed by atoms with Crippen LogP contribution in [0.25, 0.3) is 11.8 Å². The molecule has 0 bridgehead atoms. The second-order valence-corrected chi connectivity index (χ2v) is 7.50. The molecule has 0 aliphatic rings. The Morgan fingerprint density at radius 3 is 2.44 bits per heavy atom. The zero-order chi connectivity index (χ0) is 19.4. The number of nitrogens with two attached hydrogens (primary N) is 1. The van der Waals surface area contributed by atoms with Gasteiger partial charge in [0, 0.05) is 16.9 Å². The summed E-state index contributed by atoms with van der Waals surface area (Å²) in [5.74, 6) is -0.622. The van der Waals surface area contributed by atoms with Crippen LogP contribution in [0.5, 0.6) is 0 Å². The lowest BCUT2D eigenvalue weighted by Gasteiger charge is -2.06. The van der Waals surface area contributed by atoms with Gasteiger partial charge in [0.1, 0.15) is 5.69 Å². The molecule has 138 valence electrons. The number of aromatic nitrogens is 2. The number of hydrogen-bond acceptors (Lipinski definition) is 4. The summed E-state index contributed by atoms with van der Waals surface area (Å²) in [5.41, 5.74) is 6.95. The van der Waals surface area contributed by atoms with Gasteiger partial charge in [-0.15, -0.1) is 0 Å². The third kappa shape index (κ3) is 4.75. The summed E-state index contributed by atoms with van der Waals surface area (Å²) < 4.78 is 28.3. The molecule has 2 aromatic carbocycles. The molecule has 0 fully saturated rings. The number of amides is 1. The third-order valence-corrected chi connectivity index (χ3v) is 4.92. The van der Waals surface area contributed by atoms with Crippen molar-refractivity contribution in [1.82, 2.24) is 9.78 Å². The summed E-state index contributed by atoms with van der Waals surface area (Å²) in [6.45, 7) is 0. The van der Waals surface area contributed by atoms with Crippen molar-refractivity contribution in [2.75, 3.05) is 4.72 Å². The summed E-state index contributed by atoms with van der Waals surface area (Å²) in [4.78, 5) is 11.1. The average Bonchev–Trinajstić information content (AvgIpc) is 3.12. The molecule has 3 aromatic rings. The van der Waals surface area contributed by atoms with E-state index < -0.39 is 15.9 Å². The molecule has 7 nitrogen and oxygen atoms in total. The van der Waals surface area contributed by atoms with Crippen LogP contribution in [0.2, 0.25) is 5.02 Å². The molecule has 0 spiro atoms. The number of carbonyl (C=O) groups is 1. The highest BCUT2D eigenvalue weighted by Gasteiger charge is 2.08. The largest absolute Gasteiger partial charge is 0.364 e. The van der Waals surface area contributed by atoms with Crippen LogP contribution in [0.3, 0.4) is 0 Å². The molecular formula is C18H15ClN4O3S. The minimum Gasteiger partial charge on any atom is -0.364 e. The van der Waals surface area contributed by atoms with E-state index in [1.807, 2.05) is 0 Å². The van der Waals surface area contributed by atoms with Crippen LogP contribution in [0.4, 0.5) is 5.69 Å². The SMILES string of the molecule is NC(=O)c1ccn(-c2ccc(NS(=O)(=O)C=Cc3ccccc3Cl)cc2)n1. The number of sulfonamides is 1. The van der Waals surface area contributed by atoms with E-state index in [1.165, 1.54) is 16.8 Å². The number of benzene rings is 2. The van der Waals surface area contributed by atoms with Crippen molar-refractivity contribution >= 4 is 39.3 Å². The Kier molecular flexibility index (Phi) is 5.29. The summed E-state index contributed by atoms with van der Waals surface area (Å²) >= 11 is 6.01. The van der Waals surface area contributed by atoms with Gasteiger partial charge in [-0.2, -0.15) is 5.10 Å². The van der Waals surface area contributed by atoms with E-state index in [2.05, 4.69) is 9.82 Å². The number of nitrogens with zero attached hydrogens (tertiary/aromatic N) is 2. The molecule has 0 radical (unpaired) electrons. The number of nitrogens with one attached hydrogen (secondary N) is 1. The van der Waals surface area contributed by atoms with Crippen LogP contribution < -0.4 is 10.5 Å². The zero-order valence-electron chi connectivity index (χ0n) is 13.9. The Balaban J connectivity index is 1.73. The summed E-state index contributed by atoms with van der Waals surface area (Å²) in [7, 11) is -3.71. The van der Waals surface area contributed by atoms with Crippen molar-refractivity contribution < 1.29 is 13.2 Å². The first-order valence-electron chi connectivity index (χ1n) is 7.75. The molecule has 0 aliphatic heterocycles. The maximum Gasteiger partial charge on any atom is 0.269 e. The smallest absolute Gasteiger partial charge is 0.269 e. The molecule has 1 aromatic heterocycles. The third-order valence-electron chi connectivity index (χ3n) is 3.57. The highest BCUT2D eigenvalue weighted by Crippen LogP contribution is 2.18. The monoisotopic (exact) mass is 402 g/mol. The zero-order valence-corrected chi connectivity index (χ0v) is 15.5. The molecule has 1 amide bonds. The predicted molar refractivity (Wildman–Crippen MR) is 105 cm³/mol. The van der Waals surface area contributed by atoms with Gasteiger partial charge in [0.15, 0.2) is 0 Å². The van der Waals surface area contributed by atoms with E-state index in [4.69, 9.17) is 17.3 Å². The van der Waals surface area contributed by atoms with Gasteiger partial charge >= 0.3 is 0 Å². The van der Waals surface area contributed by atoms with E-state index in [0.29, 0.717) is 22.0 Å². The molecule has 9 heteroatoms. The fourth-order valence-corrected chi connectivity index (χ4v) is 3.31. The van der Waals surface area contributed by atoms with Crippen LogP contribution >= 0.6 is 11.6 Å². The Morgan fingerprint density at radius 1 is 1.11 bits per heavy atom. The van der Waals surface area contributed by atoms with Crippen molar-refractivity contribution in [2.24, 2.45) is 5.73 Å². The minimum atomic E-state index is -3.71. The topological polar surface area (TPSA) is 107 Å². The first-order valence-corrected chi connectivity index (χ1v) is 9.68. The van der Waals surface area contributed by atoms with Crippen LogP contribution in [0.1, 0.15) is 16.1 Å². The van der Waals surface area contributed by atoms with Crippen molar-refractivity contribution in [2.45, 2.75) is 0 Å². The van der Waals surface area contributed by atoms with Crippen molar-refractivity contribution in [3.8, 4) is 5.69 Å². The van der Waals surface area contributed by atoms with Crippen LogP contribution in [0.15, 0.2) is 66.2 Å². The highest BCUT2D eigenvalue weighted by molar-refractivity contribution is 7.95. The molecule has 1 heterocycles. The second-order valence-electron chi connectivity index (χ2n) is 5.53. The lowest BCUT2D eigenvalue weighted by molar-refractivity contribution is 0.0995. The lowest BCUT2D eigenvalue weighted by Crippen LogP contribution is -2.12. The Morgan fingerprint density at radius 2 is 1.81 bits per heavy atom. The van der Waals surface area contributed by atoms with E-state index in [1.54, 1.807) is 54.7 Å². The quantitative estimate of drug-likeness (QED) is 0.660. The number of anilines is 1. The van der Waals surface area contributed by atoms with Crippen molar-refractivity contribution in [1.29, 1.82) is 0 Å². The van der Waals surface area contributed by atoms with E-state index in [-0.39, 0.29) is 5.69 Å². The van der Waals surface area contributed by atoms with Gasteiger partial charge in [-0.1, -0.05) is 29.8 Å². The molecule has 3 rings (SSSR count). The molecule has 27 heavy (non-hydrogen) atoms. The number of rotatable bonds is 6. The van der Waals surface area contributed by atoms with Crippen LogP contribution in [-0.4, -0.2) is 24.1 Å². The first-order chi connectivity index (χ1) is 12.8. The van der Waals surface area contributed by atoms with Gasteiger partial charge in [0.2, 0.25) is 0 Å². The lowest BCUT2D eigenvalue weighted by atomic mass is 10.2. The molecule has 0 atom stereocenters. The van der Waals surface area contributed by atoms with Gasteiger partial charge < -0.3 is 5.73 Å². The van der Waals surface area contributed by atoms with E-state index >= 15 is 0 Å². The summed E-state index contributed by atoms with van der Waals surface area (Å²) in [6, 6.07) is 14.9. The maximum absolute atomic E-state index is 12.2. The van der Waals surface area contributed by atoms with Gasteiger partial charge in [0.25, 0.3) is 15.9 Å². The number of carbonyl (C=O) groups excluding carboxylic acids is 1. The Hall–Kier alpha value is -3.10. The van der Waals surface area contributed by atoms with Crippen molar-refractivity contribution in [3.63, 3.8) is 0 Å². The predicted octanol–water partition coefficient (Wildman–Crippen LogP) is 3.04. The van der Waals surface area contributed by atoms with Crippen LogP contribution in [-0.2, 0) is 10.0 Å². The fraction of sp³-hybridized carbons (Fsp3) is 0. The van der Waals surface area contributed by atoms with Gasteiger partial charge in [-0.3, -0.25) is 9.52 Å². The normalized spacial score (nSPS) is 11.6. The highest BCUT2D eigenvalue weighted by atomic mass is 35.5. The van der Waals surface area contributed by atoms with Crippen molar-refractivity contribution in [3.05, 3.63) is 82.5 Å². The second kappa shape index (κ2) is 7.65. The summed E-state index contributed by atoms with van der Waals surface area (Å²) in [5, 5.41) is 5.55. The molecular weight excluding hydrogens is 388 g/mol. The standard InChI is InChI=1S/C18H15ClN4O3S/c19-16-4-2-1-3-13(16)10-12-27(25,26)22-14-5-7-15(8-6-14)23-11-9-17(21-23)18(20)24/h1-12,22H,(H2,20,24). The number of halogens is 1. The molecule has 0 saturated carbocycles. The Labute approximate surface area is 161 Å². The van der Waals surface area contributed by atoms with Gasteiger partial charge in [0.05, 0.1) is 11.1 Å². The van der Waals surface area contributed by atoms with Gasteiger partial charge in [-0.25, -0.2) is 13.1 Å². The number of primary amides is 1. The molecule has 0 unspecified atom stereocenters. The van der Waals surface area contributed by atoms with Crippen LogP contribution in [0, 0.1) is 0 Å². The first kappa shape index (κ1) is 18.7. The molecule has 3 N–H and O–H groups in total. The maximum atomic E-state index is 12.2. The fourth-order valence-electron chi connectivity index (χ4n) is 2.25. The van der Waals surface area contributed by atoms with Gasteiger partial charge in [-0.05, 0) is 48.0 Å². The number of hydrogen-bond donors (Lipinski definition) is 2.